The first-order chi connectivity index (χ1) is 9.94. The number of benzene rings is 1. The lowest BCUT2D eigenvalue weighted by atomic mass is 9.87. The van der Waals surface area contributed by atoms with Crippen LogP contribution in [0.5, 0.6) is 0 Å². The Kier molecular flexibility index (Phi) is 5.66. The molecule has 1 aromatic carbocycles. The van der Waals surface area contributed by atoms with Gasteiger partial charge in [0.25, 0.3) is 0 Å². The van der Waals surface area contributed by atoms with E-state index in [1.807, 2.05) is 13.1 Å². The van der Waals surface area contributed by atoms with Gasteiger partial charge in [-0.25, -0.2) is 13.1 Å². The van der Waals surface area contributed by atoms with Gasteiger partial charge in [0.15, 0.2) is 0 Å². The lowest BCUT2D eigenvalue weighted by Gasteiger charge is -2.29. The van der Waals surface area contributed by atoms with Crippen LogP contribution in [0.1, 0.15) is 38.2 Å². The highest BCUT2D eigenvalue weighted by molar-refractivity contribution is 7.89. The van der Waals surface area contributed by atoms with Crippen LogP contribution in [0.25, 0.3) is 0 Å². The van der Waals surface area contributed by atoms with Gasteiger partial charge in [-0.15, -0.1) is 0 Å². The molecule has 6 heteroatoms. The van der Waals surface area contributed by atoms with Crippen molar-refractivity contribution >= 4 is 21.6 Å². The van der Waals surface area contributed by atoms with Crippen LogP contribution in [0.3, 0.4) is 0 Å². The Morgan fingerprint density at radius 3 is 2.67 bits per heavy atom. The number of sulfonamides is 1. The largest absolute Gasteiger partial charge is 0.316 e. The third-order valence-corrected chi connectivity index (χ3v) is 6.06. The first kappa shape index (κ1) is 16.7. The second kappa shape index (κ2) is 7.09. The summed E-state index contributed by atoms with van der Waals surface area (Å²) in [5.41, 5.74) is 0.902. The molecule has 1 aliphatic carbocycles. The highest BCUT2D eigenvalue weighted by Crippen LogP contribution is 2.27. The molecule has 1 saturated carbocycles. The van der Waals surface area contributed by atoms with E-state index < -0.39 is 10.0 Å². The zero-order valence-electron chi connectivity index (χ0n) is 12.5. The fourth-order valence-corrected chi connectivity index (χ4v) is 4.75. The van der Waals surface area contributed by atoms with Crippen molar-refractivity contribution in [1.82, 2.24) is 10.0 Å². The number of hydrogen-bond donors (Lipinski definition) is 2. The van der Waals surface area contributed by atoms with Crippen LogP contribution in [0.2, 0.25) is 5.02 Å². The Labute approximate surface area is 132 Å². The minimum atomic E-state index is -3.57. The van der Waals surface area contributed by atoms with Gasteiger partial charge < -0.3 is 5.32 Å². The molecule has 2 unspecified atom stereocenters. The Bertz CT molecular complexity index is 589. The van der Waals surface area contributed by atoms with Crippen LogP contribution in [0.15, 0.2) is 23.1 Å². The molecule has 0 aliphatic heterocycles. The lowest BCUT2D eigenvalue weighted by Crippen LogP contribution is -2.41. The van der Waals surface area contributed by atoms with Crippen molar-refractivity contribution in [3.63, 3.8) is 0 Å². The van der Waals surface area contributed by atoms with Crippen LogP contribution in [0, 0.1) is 5.92 Å². The van der Waals surface area contributed by atoms with Gasteiger partial charge in [-0.2, -0.15) is 0 Å². The average molecular weight is 331 g/mol. The predicted molar refractivity (Wildman–Crippen MR) is 86.0 cm³/mol. The van der Waals surface area contributed by atoms with Crippen molar-refractivity contribution in [2.24, 2.45) is 5.92 Å². The fourth-order valence-electron chi connectivity index (χ4n) is 2.82. The van der Waals surface area contributed by atoms with Crippen molar-refractivity contribution < 1.29 is 8.42 Å². The molecule has 0 aromatic heterocycles. The van der Waals surface area contributed by atoms with Crippen LogP contribution < -0.4 is 10.0 Å². The van der Waals surface area contributed by atoms with E-state index >= 15 is 0 Å². The minimum absolute atomic E-state index is 0.00720. The molecule has 0 spiro atoms. The molecule has 4 nitrogen and oxygen atoms in total. The second-order valence-electron chi connectivity index (χ2n) is 5.78. The minimum Gasteiger partial charge on any atom is -0.316 e. The summed E-state index contributed by atoms with van der Waals surface area (Å²) in [4.78, 5) is 0.176. The van der Waals surface area contributed by atoms with Crippen LogP contribution in [-0.4, -0.2) is 21.5 Å². The SMILES string of the molecule is CNCc1ccc(Cl)c(S(=O)(=O)NC2CCCCC2C)c1. The summed E-state index contributed by atoms with van der Waals surface area (Å²) in [5, 5.41) is 3.28. The third-order valence-electron chi connectivity index (χ3n) is 4.08. The van der Waals surface area contributed by atoms with Crippen molar-refractivity contribution in [3.8, 4) is 0 Å². The molecule has 21 heavy (non-hydrogen) atoms. The zero-order valence-corrected chi connectivity index (χ0v) is 14.1. The van der Waals surface area contributed by atoms with Crippen molar-refractivity contribution in [2.45, 2.75) is 50.1 Å². The molecule has 0 heterocycles. The van der Waals surface area contributed by atoms with Crippen LogP contribution >= 0.6 is 11.6 Å². The normalized spacial score (nSPS) is 23.2. The van der Waals surface area contributed by atoms with E-state index in [-0.39, 0.29) is 16.0 Å². The molecule has 0 bridgehead atoms. The molecule has 0 radical (unpaired) electrons. The fraction of sp³-hybridized carbons (Fsp3) is 0.600. The van der Waals surface area contributed by atoms with Gasteiger partial charge >= 0.3 is 0 Å². The van der Waals surface area contributed by atoms with Gasteiger partial charge in [0.2, 0.25) is 10.0 Å². The molecule has 0 saturated heterocycles. The van der Waals surface area contributed by atoms with E-state index in [0.29, 0.717) is 12.5 Å². The number of halogens is 1. The third kappa shape index (κ3) is 4.19. The molecular formula is C15H23ClN2O2S. The Hall–Kier alpha value is -0.620. The Balaban J connectivity index is 2.24. The number of nitrogens with one attached hydrogen (secondary N) is 2. The molecule has 0 amide bonds. The zero-order chi connectivity index (χ0) is 15.5. The Morgan fingerprint density at radius 1 is 1.29 bits per heavy atom. The maximum absolute atomic E-state index is 12.6. The highest BCUT2D eigenvalue weighted by atomic mass is 35.5. The molecule has 1 aliphatic rings. The topological polar surface area (TPSA) is 58.2 Å². The molecule has 2 N–H and O–H groups in total. The van der Waals surface area contributed by atoms with Crippen molar-refractivity contribution in [1.29, 1.82) is 0 Å². The summed E-state index contributed by atoms with van der Waals surface area (Å²) in [6, 6.07) is 5.14. The molecule has 1 fully saturated rings. The van der Waals surface area contributed by atoms with Gasteiger partial charge in [-0.3, -0.25) is 0 Å². The maximum Gasteiger partial charge on any atom is 0.242 e. The van der Waals surface area contributed by atoms with Crippen LogP contribution in [-0.2, 0) is 16.6 Å². The standard InChI is InChI=1S/C15H23ClN2O2S/c1-11-5-3-4-6-14(11)18-21(19,20)15-9-12(10-17-2)7-8-13(15)16/h7-9,11,14,17-18H,3-6,10H2,1-2H3. The quantitative estimate of drug-likeness (QED) is 0.872. The Morgan fingerprint density at radius 2 is 2.00 bits per heavy atom. The maximum atomic E-state index is 12.6. The summed E-state index contributed by atoms with van der Waals surface area (Å²) in [6.45, 7) is 2.71. The van der Waals surface area contributed by atoms with E-state index in [4.69, 9.17) is 11.6 Å². The van der Waals surface area contributed by atoms with Gasteiger partial charge in [-0.05, 0) is 43.5 Å². The summed E-state index contributed by atoms with van der Waals surface area (Å²) in [7, 11) is -1.75. The summed E-state index contributed by atoms with van der Waals surface area (Å²) < 4.78 is 28.1. The lowest BCUT2D eigenvalue weighted by molar-refractivity contribution is 0.310. The summed E-state index contributed by atoms with van der Waals surface area (Å²) in [6.07, 6.45) is 4.22. The second-order valence-corrected chi connectivity index (χ2v) is 7.87. The van der Waals surface area contributed by atoms with Gasteiger partial charge in [0.1, 0.15) is 4.90 Å². The predicted octanol–water partition coefficient (Wildman–Crippen LogP) is 2.92. The molecule has 2 rings (SSSR count). The smallest absolute Gasteiger partial charge is 0.242 e. The molecule has 118 valence electrons. The first-order valence-corrected chi connectivity index (χ1v) is 9.25. The van der Waals surface area contributed by atoms with Gasteiger partial charge in [-0.1, -0.05) is 37.4 Å². The highest BCUT2D eigenvalue weighted by Gasteiger charge is 2.28. The van der Waals surface area contributed by atoms with E-state index in [1.54, 1.807) is 12.1 Å². The van der Waals surface area contributed by atoms with E-state index in [9.17, 15) is 8.42 Å². The summed E-state index contributed by atoms with van der Waals surface area (Å²) in [5.74, 6) is 0.368. The van der Waals surface area contributed by atoms with Crippen molar-refractivity contribution in [3.05, 3.63) is 28.8 Å². The van der Waals surface area contributed by atoms with Gasteiger partial charge in [0.05, 0.1) is 5.02 Å². The molecule has 1 aromatic rings. The van der Waals surface area contributed by atoms with E-state index in [0.717, 1.165) is 24.8 Å². The van der Waals surface area contributed by atoms with Gasteiger partial charge in [0, 0.05) is 12.6 Å². The number of rotatable bonds is 5. The van der Waals surface area contributed by atoms with Crippen LogP contribution in [0.4, 0.5) is 0 Å². The monoisotopic (exact) mass is 330 g/mol. The van der Waals surface area contributed by atoms with E-state index in [1.165, 1.54) is 6.42 Å². The molecular weight excluding hydrogens is 308 g/mol. The average Bonchev–Trinajstić information content (AvgIpc) is 2.43. The first-order valence-electron chi connectivity index (χ1n) is 7.39. The van der Waals surface area contributed by atoms with Crippen molar-refractivity contribution in [2.75, 3.05) is 7.05 Å². The number of hydrogen-bond acceptors (Lipinski definition) is 3. The summed E-state index contributed by atoms with van der Waals surface area (Å²) >= 11 is 6.10. The van der Waals surface area contributed by atoms with E-state index in [2.05, 4.69) is 17.0 Å². The molecule has 2 atom stereocenters.